The molecule has 0 aliphatic heterocycles. The molecule has 1 rings (SSSR count). The summed E-state index contributed by atoms with van der Waals surface area (Å²) in [5.41, 5.74) is 1.11. The van der Waals surface area contributed by atoms with E-state index in [1.54, 1.807) is 0 Å². The summed E-state index contributed by atoms with van der Waals surface area (Å²) in [6.45, 7) is 2.43. The molecule has 0 amide bonds. The van der Waals surface area contributed by atoms with Gasteiger partial charge in [-0.25, -0.2) is 0 Å². The van der Waals surface area contributed by atoms with E-state index in [0.29, 0.717) is 6.61 Å². The molecule has 1 atom stereocenters. The number of esters is 1. The summed E-state index contributed by atoms with van der Waals surface area (Å²) in [7, 11) is 0. The number of carbonyl (C=O) groups is 1. The second-order valence-corrected chi connectivity index (χ2v) is 5.16. The Hall–Kier alpha value is -1.09. The van der Waals surface area contributed by atoms with Crippen LogP contribution in [0.2, 0.25) is 0 Å². The Balaban J connectivity index is 2.25. The fourth-order valence-electron chi connectivity index (χ4n) is 1.47. The van der Waals surface area contributed by atoms with Gasteiger partial charge >= 0.3 is 5.97 Å². The molecule has 0 aliphatic carbocycles. The highest BCUT2D eigenvalue weighted by atomic mass is 79.9. The summed E-state index contributed by atoms with van der Waals surface area (Å²) < 4.78 is 5.15. The lowest BCUT2D eigenvalue weighted by Crippen LogP contribution is -2.17. The van der Waals surface area contributed by atoms with Crippen molar-refractivity contribution in [2.75, 3.05) is 6.61 Å². The van der Waals surface area contributed by atoms with Gasteiger partial charge in [-0.2, -0.15) is 0 Å². The first-order valence-electron chi connectivity index (χ1n) is 6.26. The largest absolute Gasteiger partial charge is 0.461 e. The number of benzene rings is 1. The highest BCUT2D eigenvalue weighted by Gasteiger charge is 2.14. The van der Waals surface area contributed by atoms with Crippen LogP contribution >= 0.6 is 15.9 Å². The van der Waals surface area contributed by atoms with Crippen molar-refractivity contribution in [2.24, 2.45) is 0 Å². The third kappa shape index (κ3) is 6.01. The molecule has 0 saturated heterocycles. The lowest BCUT2D eigenvalue weighted by molar-refractivity contribution is -0.141. The molecular weight excluding hydrogens is 292 g/mol. The molecule has 0 N–H and O–H groups in total. The molecular formula is C15H19BrO2. The second-order valence-electron chi connectivity index (χ2n) is 4.05. The molecule has 1 aromatic rings. The van der Waals surface area contributed by atoms with Crippen molar-refractivity contribution < 1.29 is 9.53 Å². The van der Waals surface area contributed by atoms with Crippen molar-refractivity contribution in [2.45, 2.75) is 31.0 Å². The van der Waals surface area contributed by atoms with E-state index in [1.807, 2.05) is 42.5 Å². The molecule has 0 radical (unpaired) electrons. The van der Waals surface area contributed by atoms with Crippen LogP contribution in [-0.2, 0) is 9.53 Å². The first kappa shape index (κ1) is 15.0. The number of carbonyl (C=O) groups excluding carboxylic acids is 1. The van der Waals surface area contributed by atoms with Gasteiger partial charge in [-0.05, 0) is 18.1 Å². The number of ether oxygens (including phenoxy) is 1. The van der Waals surface area contributed by atoms with Crippen LogP contribution in [0.15, 0.2) is 36.4 Å². The summed E-state index contributed by atoms with van der Waals surface area (Å²) in [5, 5.41) is 0. The Kier molecular flexibility index (Phi) is 7.42. The van der Waals surface area contributed by atoms with E-state index in [1.165, 1.54) is 0 Å². The predicted molar refractivity (Wildman–Crippen MR) is 78.7 cm³/mol. The number of unbranched alkanes of at least 4 members (excludes halogenated alkanes) is 1. The molecule has 0 saturated carbocycles. The van der Waals surface area contributed by atoms with E-state index in [2.05, 4.69) is 22.9 Å². The van der Waals surface area contributed by atoms with E-state index in [4.69, 9.17) is 4.74 Å². The maximum atomic E-state index is 11.6. The number of hydrogen-bond donors (Lipinski definition) is 0. The average molecular weight is 311 g/mol. The predicted octanol–water partition coefficient (Wildman–Crippen LogP) is 4.20. The summed E-state index contributed by atoms with van der Waals surface area (Å²) in [5.74, 6) is -0.179. The Bertz CT molecular complexity index is 373. The van der Waals surface area contributed by atoms with Crippen molar-refractivity contribution >= 4 is 28.0 Å². The van der Waals surface area contributed by atoms with Crippen LogP contribution in [0.1, 0.15) is 31.7 Å². The molecule has 1 aromatic carbocycles. The van der Waals surface area contributed by atoms with E-state index in [-0.39, 0.29) is 10.8 Å². The molecule has 98 valence electrons. The monoisotopic (exact) mass is 310 g/mol. The molecule has 18 heavy (non-hydrogen) atoms. The van der Waals surface area contributed by atoms with Crippen LogP contribution < -0.4 is 0 Å². The van der Waals surface area contributed by atoms with Gasteiger partial charge in [0.05, 0.1) is 0 Å². The molecule has 0 heterocycles. The van der Waals surface area contributed by atoms with Gasteiger partial charge < -0.3 is 4.74 Å². The maximum Gasteiger partial charge on any atom is 0.320 e. The number of halogens is 1. The number of alkyl halides is 1. The highest BCUT2D eigenvalue weighted by molar-refractivity contribution is 9.10. The van der Waals surface area contributed by atoms with Crippen LogP contribution in [0.5, 0.6) is 0 Å². The fourth-order valence-corrected chi connectivity index (χ4v) is 1.93. The molecule has 0 aliphatic rings. The van der Waals surface area contributed by atoms with E-state index >= 15 is 0 Å². The van der Waals surface area contributed by atoms with Crippen LogP contribution in [0.3, 0.4) is 0 Å². The highest BCUT2D eigenvalue weighted by Crippen LogP contribution is 2.11. The minimum absolute atomic E-state index is 0.178. The number of rotatable bonds is 7. The minimum Gasteiger partial charge on any atom is -0.461 e. The molecule has 0 fully saturated rings. The molecule has 0 spiro atoms. The SMILES string of the molecule is CCCC[C@H](Br)C(=O)OC/C=C/c1ccccc1. The fraction of sp³-hybridized carbons (Fsp3) is 0.400. The quantitative estimate of drug-likeness (QED) is 0.557. The van der Waals surface area contributed by atoms with Gasteiger partial charge in [-0.15, -0.1) is 0 Å². The summed E-state index contributed by atoms with van der Waals surface area (Å²) in [6, 6.07) is 9.94. The summed E-state index contributed by atoms with van der Waals surface area (Å²) in [4.78, 5) is 11.4. The Labute approximate surface area is 117 Å². The van der Waals surface area contributed by atoms with Crippen molar-refractivity contribution in [3.8, 4) is 0 Å². The van der Waals surface area contributed by atoms with Crippen LogP contribution in [0.25, 0.3) is 6.08 Å². The summed E-state index contributed by atoms with van der Waals surface area (Å²) >= 11 is 3.34. The van der Waals surface area contributed by atoms with Crippen LogP contribution in [-0.4, -0.2) is 17.4 Å². The van der Waals surface area contributed by atoms with Crippen molar-refractivity contribution in [3.05, 3.63) is 42.0 Å². The lowest BCUT2D eigenvalue weighted by Gasteiger charge is -2.07. The van der Waals surface area contributed by atoms with Gasteiger partial charge in [0, 0.05) is 0 Å². The molecule has 0 unspecified atom stereocenters. The normalized spacial score (nSPS) is 12.6. The first-order valence-corrected chi connectivity index (χ1v) is 7.18. The third-order valence-corrected chi connectivity index (χ3v) is 3.33. The van der Waals surface area contributed by atoms with Gasteiger partial charge in [0.2, 0.25) is 0 Å². The van der Waals surface area contributed by atoms with Crippen molar-refractivity contribution in [3.63, 3.8) is 0 Å². The first-order chi connectivity index (χ1) is 8.74. The minimum atomic E-state index is -0.179. The average Bonchev–Trinajstić information content (AvgIpc) is 2.41. The Morgan fingerprint density at radius 2 is 2.11 bits per heavy atom. The molecule has 3 heteroatoms. The van der Waals surface area contributed by atoms with E-state index < -0.39 is 0 Å². The molecule has 0 bridgehead atoms. The van der Waals surface area contributed by atoms with E-state index in [0.717, 1.165) is 24.8 Å². The van der Waals surface area contributed by atoms with Crippen LogP contribution in [0.4, 0.5) is 0 Å². The van der Waals surface area contributed by atoms with Gasteiger partial charge in [-0.3, -0.25) is 4.79 Å². The zero-order valence-electron chi connectivity index (χ0n) is 10.6. The van der Waals surface area contributed by atoms with Gasteiger partial charge in [-0.1, -0.05) is 72.1 Å². The van der Waals surface area contributed by atoms with Gasteiger partial charge in [0.25, 0.3) is 0 Å². The Morgan fingerprint density at radius 1 is 1.39 bits per heavy atom. The maximum absolute atomic E-state index is 11.6. The topological polar surface area (TPSA) is 26.3 Å². The standard InChI is InChI=1S/C15H19BrO2/c1-2-3-11-14(16)15(17)18-12-7-10-13-8-5-4-6-9-13/h4-10,14H,2-3,11-12H2,1H3/b10-7+/t14-/m0/s1. The van der Waals surface area contributed by atoms with Gasteiger partial charge in [0.15, 0.2) is 0 Å². The zero-order chi connectivity index (χ0) is 13.2. The van der Waals surface area contributed by atoms with E-state index in [9.17, 15) is 4.79 Å². The second kappa shape index (κ2) is 8.92. The van der Waals surface area contributed by atoms with Gasteiger partial charge in [0.1, 0.15) is 11.4 Å². The lowest BCUT2D eigenvalue weighted by atomic mass is 10.2. The molecule has 2 nitrogen and oxygen atoms in total. The number of hydrogen-bond acceptors (Lipinski definition) is 2. The zero-order valence-corrected chi connectivity index (χ0v) is 12.2. The summed E-state index contributed by atoms with van der Waals surface area (Å²) in [6.07, 6.45) is 6.75. The van der Waals surface area contributed by atoms with Crippen molar-refractivity contribution in [1.82, 2.24) is 0 Å². The smallest absolute Gasteiger partial charge is 0.320 e. The van der Waals surface area contributed by atoms with Crippen molar-refractivity contribution in [1.29, 1.82) is 0 Å². The molecule has 0 aromatic heterocycles. The Morgan fingerprint density at radius 3 is 2.78 bits per heavy atom. The van der Waals surface area contributed by atoms with Crippen LogP contribution in [0, 0.1) is 0 Å². The third-order valence-electron chi connectivity index (χ3n) is 2.50.